The van der Waals surface area contributed by atoms with Gasteiger partial charge in [0.2, 0.25) is 0 Å². The highest BCUT2D eigenvalue weighted by Crippen LogP contribution is 2.41. The molecule has 11 heteroatoms. The van der Waals surface area contributed by atoms with Crippen LogP contribution in [0.5, 0.6) is 5.75 Å². The van der Waals surface area contributed by atoms with Gasteiger partial charge in [-0.1, -0.05) is 12.1 Å². The molecular weight excluding hydrogens is 449 g/mol. The van der Waals surface area contributed by atoms with E-state index in [0.29, 0.717) is 19.2 Å². The third kappa shape index (κ3) is 3.70. The Balaban J connectivity index is 1.85. The summed E-state index contributed by atoms with van der Waals surface area (Å²) in [5, 5.41) is 0. The maximum atomic E-state index is 13.8. The van der Waals surface area contributed by atoms with E-state index in [4.69, 9.17) is 4.74 Å². The number of hydrogen-bond acceptors (Lipinski definition) is 5. The number of hydrogen-bond donors (Lipinski definition) is 0. The van der Waals surface area contributed by atoms with Gasteiger partial charge in [0.1, 0.15) is 11.6 Å². The molecule has 2 heterocycles. The Hall–Kier alpha value is -3.08. The first-order valence-electron chi connectivity index (χ1n) is 9.77. The molecule has 4 rings (SSSR count). The minimum Gasteiger partial charge on any atom is -0.495 e. The fraction of sp³-hybridized carbons (Fsp3) is 0.333. The number of likely N-dealkylation sites (tertiary alicyclic amines) is 1. The number of methoxy groups -OCH3 is 1. The third-order valence-electron chi connectivity index (χ3n) is 5.50. The number of ether oxygens (including phenoxy) is 1. The largest absolute Gasteiger partial charge is 0.495 e. The second-order valence-electron chi connectivity index (χ2n) is 7.55. The first kappa shape index (κ1) is 22.1. The average molecular weight is 468 g/mol. The van der Waals surface area contributed by atoms with Crippen molar-refractivity contribution < 1.29 is 35.9 Å². The highest BCUT2D eigenvalue weighted by molar-refractivity contribution is 7.92. The molecule has 0 spiro atoms. The van der Waals surface area contributed by atoms with Crippen LogP contribution in [0.25, 0.3) is 0 Å². The first-order valence-corrected chi connectivity index (χ1v) is 11.4. The smallest absolute Gasteiger partial charge is 0.420 e. The lowest BCUT2D eigenvalue weighted by Gasteiger charge is -2.22. The summed E-state index contributed by atoms with van der Waals surface area (Å²) in [4.78, 5) is 28.4. The summed E-state index contributed by atoms with van der Waals surface area (Å²) in [6, 6.07) is 7.39. The molecule has 2 aromatic rings. The van der Waals surface area contributed by atoms with Crippen LogP contribution in [0.1, 0.15) is 39.1 Å². The molecular formula is C21H19F3N2O5S. The number of amides is 2. The van der Waals surface area contributed by atoms with E-state index in [2.05, 4.69) is 0 Å². The van der Waals surface area contributed by atoms with Crippen molar-refractivity contribution in [3.8, 4) is 5.75 Å². The van der Waals surface area contributed by atoms with Gasteiger partial charge in [0.15, 0.2) is 9.84 Å². The van der Waals surface area contributed by atoms with Gasteiger partial charge in [0.25, 0.3) is 11.8 Å². The zero-order valence-electron chi connectivity index (χ0n) is 17.0. The van der Waals surface area contributed by atoms with Crippen molar-refractivity contribution in [2.24, 2.45) is 0 Å². The van der Waals surface area contributed by atoms with E-state index in [1.165, 1.54) is 29.2 Å². The predicted molar refractivity (Wildman–Crippen MR) is 108 cm³/mol. The van der Waals surface area contributed by atoms with Crippen molar-refractivity contribution in [1.82, 2.24) is 4.90 Å². The summed E-state index contributed by atoms with van der Waals surface area (Å²) in [6.07, 6.45) is -3.46. The van der Waals surface area contributed by atoms with Gasteiger partial charge in [-0.3, -0.25) is 14.5 Å². The fourth-order valence-corrected chi connectivity index (χ4v) is 5.53. The second kappa shape index (κ2) is 7.80. The monoisotopic (exact) mass is 468 g/mol. The minimum absolute atomic E-state index is 0.0775. The molecule has 1 fully saturated rings. The topological polar surface area (TPSA) is 84.0 Å². The Labute approximate surface area is 182 Å². The van der Waals surface area contributed by atoms with E-state index in [1.54, 1.807) is 0 Å². The number of halogens is 3. The van der Waals surface area contributed by atoms with Crippen LogP contribution in [0.2, 0.25) is 0 Å². The summed E-state index contributed by atoms with van der Waals surface area (Å²) in [5.41, 5.74) is -2.03. The third-order valence-corrected chi connectivity index (χ3v) is 7.12. The number of alkyl halides is 3. The van der Waals surface area contributed by atoms with E-state index >= 15 is 0 Å². The molecule has 32 heavy (non-hydrogen) atoms. The van der Waals surface area contributed by atoms with Gasteiger partial charge in [0.05, 0.1) is 28.8 Å². The summed E-state index contributed by atoms with van der Waals surface area (Å²) >= 11 is 0. The van der Waals surface area contributed by atoms with Crippen molar-refractivity contribution >= 4 is 27.3 Å². The van der Waals surface area contributed by atoms with Gasteiger partial charge >= 0.3 is 6.18 Å². The molecule has 7 nitrogen and oxygen atoms in total. The molecule has 0 N–H and O–H groups in total. The Bertz CT molecular complexity index is 1200. The van der Waals surface area contributed by atoms with E-state index in [1.807, 2.05) is 0 Å². The summed E-state index contributed by atoms with van der Waals surface area (Å²) in [6.45, 7) is 0.776. The average Bonchev–Trinajstić information content (AvgIpc) is 3.38. The maximum absolute atomic E-state index is 13.8. The molecule has 1 saturated heterocycles. The molecule has 0 unspecified atom stereocenters. The van der Waals surface area contributed by atoms with E-state index < -0.39 is 50.6 Å². The molecule has 0 saturated carbocycles. The number of rotatable bonds is 3. The molecule has 0 atom stereocenters. The lowest BCUT2D eigenvalue weighted by Crippen LogP contribution is -2.32. The number of carbonyl (C=O) groups excluding carboxylic acids is 2. The van der Waals surface area contributed by atoms with E-state index in [0.717, 1.165) is 30.9 Å². The van der Waals surface area contributed by atoms with Gasteiger partial charge in [-0.05, 0) is 37.1 Å². The van der Waals surface area contributed by atoms with E-state index in [9.17, 15) is 31.2 Å². The zero-order valence-corrected chi connectivity index (χ0v) is 17.8. The van der Waals surface area contributed by atoms with Crippen LogP contribution in [0.4, 0.5) is 18.9 Å². The first-order chi connectivity index (χ1) is 15.0. The van der Waals surface area contributed by atoms with Crippen LogP contribution in [-0.2, 0) is 16.0 Å². The SMILES string of the molecule is COc1c(C(=O)N2CCCC2)cc(C(=O)N2CS(=O)(=O)c3ccccc32)cc1C(F)(F)F. The lowest BCUT2D eigenvalue weighted by atomic mass is 10.0. The fourth-order valence-electron chi connectivity index (χ4n) is 4.01. The number of benzene rings is 2. The number of fused-ring (bicyclic) bond motifs is 1. The number of carbonyl (C=O) groups is 2. The molecule has 2 aromatic carbocycles. The van der Waals surface area contributed by atoms with Crippen LogP contribution >= 0.6 is 0 Å². The standard InChI is InChI=1S/C21H19F3N2O5S/c1-31-18-14(20(28)25-8-4-5-9-25)10-13(11-15(18)21(22,23)24)19(27)26-12-32(29,30)17-7-3-2-6-16(17)26/h2-3,6-7,10-11H,4-5,8-9,12H2,1H3. The van der Waals surface area contributed by atoms with Crippen molar-refractivity contribution in [3.63, 3.8) is 0 Å². The molecule has 2 amide bonds. The highest BCUT2D eigenvalue weighted by Gasteiger charge is 2.41. The van der Waals surface area contributed by atoms with Gasteiger partial charge in [-0.15, -0.1) is 0 Å². The Morgan fingerprint density at radius 1 is 1.03 bits per heavy atom. The van der Waals surface area contributed by atoms with Gasteiger partial charge in [-0.2, -0.15) is 13.2 Å². The Morgan fingerprint density at radius 2 is 1.69 bits per heavy atom. The quantitative estimate of drug-likeness (QED) is 0.690. The van der Waals surface area contributed by atoms with Crippen molar-refractivity contribution in [2.75, 3.05) is 31.0 Å². The number of nitrogens with zero attached hydrogens (tertiary/aromatic N) is 2. The number of anilines is 1. The molecule has 2 aliphatic heterocycles. The molecule has 2 aliphatic rings. The number of sulfone groups is 1. The highest BCUT2D eigenvalue weighted by atomic mass is 32.2. The maximum Gasteiger partial charge on any atom is 0.420 e. The predicted octanol–water partition coefficient (Wildman–Crippen LogP) is 3.34. The zero-order chi connectivity index (χ0) is 23.3. The van der Waals surface area contributed by atoms with E-state index in [-0.39, 0.29) is 16.1 Å². The van der Waals surface area contributed by atoms with Crippen molar-refractivity contribution in [1.29, 1.82) is 0 Å². The van der Waals surface area contributed by atoms with Crippen molar-refractivity contribution in [2.45, 2.75) is 23.9 Å². The second-order valence-corrected chi connectivity index (χ2v) is 9.47. The van der Waals surface area contributed by atoms with Gasteiger partial charge in [-0.25, -0.2) is 8.42 Å². The van der Waals surface area contributed by atoms with Crippen LogP contribution < -0.4 is 9.64 Å². The molecule has 0 radical (unpaired) electrons. The Kier molecular flexibility index (Phi) is 5.40. The summed E-state index contributed by atoms with van der Waals surface area (Å²) in [5.74, 6) is -3.00. The van der Waals surface area contributed by atoms with Crippen LogP contribution in [-0.4, -0.2) is 51.2 Å². The summed E-state index contributed by atoms with van der Waals surface area (Å²) < 4.78 is 71.2. The van der Waals surface area contributed by atoms with Gasteiger partial charge in [0, 0.05) is 18.7 Å². The van der Waals surface area contributed by atoms with Gasteiger partial charge < -0.3 is 9.64 Å². The summed E-state index contributed by atoms with van der Waals surface area (Å²) in [7, 11) is -2.79. The normalized spacial score (nSPS) is 17.4. The lowest BCUT2D eigenvalue weighted by molar-refractivity contribution is -0.138. The number of para-hydroxylation sites is 1. The van der Waals surface area contributed by atoms with Crippen LogP contribution in [0.3, 0.4) is 0 Å². The Morgan fingerprint density at radius 3 is 2.31 bits per heavy atom. The van der Waals surface area contributed by atoms with Crippen molar-refractivity contribution in [3.05, 3.63) is 53.1 Å². The molecule has 0 bridgehead atoms. The minimum atomic E-state index is -4.91. The molecule has 0 aromatic heterocycles. The van der Waals surface area contributed by atoms with Crippen LogP contribution in [0.15, 0.2) is 41.3 Å². The molecule has 170 valence electrons. The molecule has 0 aliphatic carbocycles. The van der Waals surface area contributed by atoms with Crippen LogP contribution in [0, 0.1) is 0 Å².